The van der Waals surface area contributed by atoms with Gasteiger partial charge in [-0.05, 0) is 18.6 Å². The molecule has 1 aromatic heterocycles. The van der Waals surface area contributed by atoms with Crippen molar-refractivity contribution in [1.82, 2.24) is 9.97 Å². The molecule has 0 aliphatic heterocycles. The first-order chi connectivity index (χ1) is 11.2. The number of aromatic nitrogens is 2. The zero-order valence-corrected chi connectivity index (χ0v) is 13.6. The van der Waals surface area contributed by atoms with Crippen LogP contribution in [0.3, 0.4) is 0 Å². The Bertz CT molecular complexity index is 667. The first kappa shape index (κ1) is 16.5. The van der Waals surface area contributed by atoms with Gasteiger partial charge in [0.15, 0.2) is 0 Å². The molecule has 1 aromatic carbocycles. The highest BCUT2D eigenvalue weighted by Crippen LogP contribution is 2.27. The second-order valence-electron chi connectivity index (χ2n) is 4.41. The van der Waals surface area contributed by atoms with E-state index in [1.54, 1.807) is 6.07 Å². The van der Waals surface area contributed by atoms with E-state index in [-0.39, 0.29) is 6.01 Å². The van der Waals surface area contributed by atoms with E-state index < -0.39 is 0 Å². The molecule has 0 unspecified atom stereocenters. The molecule has 1 heterocycles. The molecule has 7 heteroatoms. The Kier molecular flexibility index (Phi) is 5.74. The Morgan fingerprint density at radius 2 is 1.70 bits per heavy atom. The van der Waals surface area contributed by atoms with Crippen LogP contribution in [0.25, 0.3) is 0 Å². The van der Waals surface area contributed by atoms with Gasteiger partial charge in [-0.1, -0.05) is 24.2 Å². The van der Waals surface area contributed by atoms with E-state index in [2.05, 4.69) is 15.1 Å². The summed E-state index contributed by atoms with van der Waals surface area (Å²) in [7, 11) is 4.54. The standard InChI is InChI=1S/C16H19N3O4/c1-5-12(19-22-4)11-8-6-7-9-13(11)23-16-17-14(20-2)10-15(18-16)21-3/h6-10H,5H2,1-4H3. The van der Waals surface area contributed by atoms with Gasteiger partial charge in [0.1, 0.15) is 12.9 Å². The highest BCUT2D eigenvalue weighted by Gasteiger charge is 2.13. The Labute approximate surface area is 134 Å². The summed E-state index contributed by atoms with van der Waals surface area (Å²) in [5.41, 5.74) is 1.57. The largest absolute Gasteiger partial charge is 0.481 e. The van der Waals surface area contributed by atoms with Crippen LogP contribution in [0, 0.1) is 0 Å². The topological polar surface area (TPSA) is 75.1 Å². The van der Waals surface area contributed by atoms with Crippen molar-refractivity contribution >= 4 is 5.71 Å². The first-order valence-corrected chi connectivity index (χ1v) is 7.06. The van der Waals surface area contributed by atoms with E-state index in [1.807, 2.05) is 31.2 Å². The molecule has 122 valence electrons. The van der Waals surface area contributed by atoms with Gasteiger partial charge in [0.2, 0.25) is 11.8 Å². The van der Waals surface area contributed by atoms with Crippen molar-refractivity contribution in [3.63, 3.8) is 0 Å². The SMILES string of the molecule is CCC(=NOC)c1ccccc1Oc1nc(OC)cc(OC)n1. The second kappa shape index (κ2) is 7.98. The Balaban J connectivity index is 2.39. The van der Waals surface area contributed by atoms with Gasteiger partial charge in [0.25, 0.3) is 0 Å². The molecule has 0 saturated heterocycles. The van der Waals surface area contributed by atoms with Gasteiger partial charge < -0.3 is 19.0 Å². The molecule has 2 aromatic rings. The molecule has 0 aliphatic rings. The first-order valence-electron chi connectivity index (χ1n) is 7.06. The average molecular weight is 317 g/mol. The van der Waals surface area contributed by atoms with Crippen LogP contribution in [0.15, 0.2) is 35.5 Å². The molecular weight excluding hydrogens is 298 g/mol. The number of methoxy groups -OCH3 is 2. The predicted octanol–water partition coefficient (Wildman–Crippen LogP) is 3.05. The lowest BCUT2D eigenvalue weighted by Gasteiger charge is -2.11. The molecule has 7 nitrogen and oxygen atoms in total. The summed E-state index contributed by atoms with van der Waals surface area (Å²) in [5.74, 6) is 1.27. The fourth-order valence-corrected chi connectivity index (χ4v) is 1.95. The predicted molar refractivity (Wildman–Crippen MR) is 85.5 cm³/mol. The number of hydrogen-bond donors (Lipinski definition) is 0. The lowest BCUT2D eigenvalue weighted by Crippen LogP contribution is -2.04. The number of benzene rings is 1. The lowest BCUT2D eigenvalue weighted by molar-refractivity contribution is 0.213. The Morgan fingerprint density at radius 1 is 1.04 bits per heavy atom. The third-order valence-corrected chi connectivity index (χ3v) is 3.01. The summed E-state index contributed by atoms with van der Waals surface area (Å²) in [6, 6.07) is 9.16. The maximum atomic E-state index is 5.81. The second-order valence-corrected chi connectivity index (χ2v) is 4.41. The van der Waals surface area contributed by atoms with Crippen molar-refractivity contribution in [2.24, 2.45) is 5.16 Å². The fraction of sp³-hybridized carbons (Fsp3) is 0.312. The van der Waals surface area contributed by atoms with Crippen molar-refractivity contribution in [2.45, 2.75) is 13.3 Å². The smallest absolute Gasteiger partial charge is 0.328 e. The summed E-state index contributed by atoms with van der Waals surface area (Å²) >= 11 is 0. The number of oxime groups is 1. The van der Waals surface area contributed by atoms with Crippen molar-refractivity contribution in [3.8, 4) is 23.5 Å². The van der Waals surface area contributed by atoms with Crippen LogP contribution >= 0.6 is 0 Å². The Hall–Kier alpha value is -2.83. The van der Waals surface area contributed by atoms with Crippen LogP contribution in [0.5, 0.6) is 23.5 Å². The van der Waals surface area contributed by atoms with Crippen LogP contribution in [-0.4, -0.2) is 37.0 Å². The summed E-state index contributed by atoms with van der Waals surface area (Å²) in [6.45, 7) is 1.99. The molecule has 0 amide bonds. The maximum Gasteiger partial charge on any atom is 0.328 e. The molecule has 0 saturated carbocycles. The van der Waals surface area contributed by atoms with E-state index in [1.165, 1.54) is 21.3 Å². The molecule has 0 bridgehead atoms. The van der Waals surface area contributed by atoms with Gasteiger partial charge >= 0.3 is 6.01 Å². The van der Waals surface area contributed by atoms with E-state index in [9.17, 15) is 0 Å². The van der Waals surface area contributed by atoms with Crippen LogP contribution in [0.1, 0.15) is 18.9 Å². The highest BCUT2D eigenvalue weighted by molar-refractivity contribution is 6.02. The molecule has 0 spiro atoms. The Morgan fingerprint density at radius 3 is 2.26 bits per heavy atom. The average Bonchev–Trinajstić information content (AvgIpc) is 2.60. The third kappa shape index (κ3) is 4.09. The normalized spacial score (nSPS) is 11.0. The molecule has 0 N–H and O–H groups in total. The van der Waals surface area contributed by atoms with Gasteiger partial charge in [0.05, 0.1) is 26.0 Å². The van der Waals surface area contributed by atoms with Crippen LogP contribution in [0.2, 0.25) is 0 Å². The van der Waals surface area contributed by atoms with Crippen LogP contribution in [0.4, 0.5) is 0 Å². The quantitative estimate of drug-likeness (QED) is 0.577. The van der Waals surface area contributed by atoms with Gasteiger partial charge in [-0.25, -0.2) is 0 Å². The van der Waals surface area contributed by atoms with Gasteiger partial charge in [-0.2, -0.15) is 9.97 Å². The molecule has 23 heavy (non-hydrogen) atoms. The van der Waals surface area contributed by atoms with Crippen LogP contribution in [-0.2, 0) is 4.84 Å². The summed E-state index contributed by atoms with van der Waals surface area (Å²) < 4.78 is 16.0. The van der Waals surface area contributed by atoms with Crippen LogP contribution < -0.4 is 14.2 Å². The van der Waals surface area contributed by atoms with Crippen molar-refractivity contribution in [2.75, 3.05) is 21.3 Å². The summed E-state index contributed by atoms with van der Waals surface area (Å²) in [5, 5.41) is 4.03. The zero-order chi connectivity index (χ0) is 16.7. The zero-order valence-electron chi connectivity index (χ0n) is 13.6. The van der Waals surface area contributed by atoms with E-state index >= 15 is 0 Å². The number of ether oxygens (including phenoxy) is 3. The molecule has 0 atom stereocenters. The number of nitrogens with zero attached hydrogens (tertiary/aromatic N) is 3. The van der Waals surface area contributed by atoms with Gasteiger partial charge in [-0.15, -0.1) is 0 Å². The molecule has 0 radical (unpaired) electrons. The molecule has 0 fully saturated rings. The van der Waals surface area contributed by atoms with Crippen molar-refractivity contribution in [1.29, 1.82) is 0 Å². The van der Waals surface area contributed by atoms with E-state index in [0.29, 0.717) is 23.9 Å². The summed E-state index contributed by atoms with van der Waals surface area (Å²) in [4.78, 5) is 13.2. The number of hydrogen-bond acceptors (Lipinski definition) is 7. The van der Waals surface area contributed by atoms with Gasteiger partial charge in [-0.3, -0.25) is 0 Å². The van der Waals surface area contributed by atoms with E-state index in [4.69, 9.17) is 19.0 Å². The minimum absolute atomic E-state index is 0.126. The fourth-order valence-electron chi connectivity index (χ4n) is 1.95. The summed E-state index contributed by atoms with van der Waals surface area (Å²) in [6.07, 6.45) is 0.691. The minimum Gasteiger partial charge on any atom is -0.481 e. The minimum atomic E-state index is 0.126. The maximum absolute atomic E-state index is 5.81. The molecule has 2 rings (SSSR count). The van der Waals surface area contributed by atoms with E-state index in [0.717, 1.165) is 11.3 Å². The highest BCUT2D eigenvalue weighted by atomic mass is 16.6. The van der Waals surface area contributed by atoms with Crippen molar-refractivity contribution < 1.29 is 19.0 Å². The third-order valence-electron chi connectivity index (χ3n) is 3.01. The number of para-hydroxylation sites is 1. The van der Waals surface area contributed by atoms with Crippen molar-refractivity contribution in [3.05, 3.63) is 35.9 Å². The van der Waals surface area contributed by atoms with Gasteiger partial charge in [0, 0.05) is 5.56 Å². The molecule has 0 aliphatic carbocycles. The molecular formula is C16H19N3O4. The monoisotopic (exact) mass is 317 g/mol. The number of rotatable bonds is 7. The lowest BCUT2D eigenvalue weighted by atomic mass is 10.1.